The Morgan fingerprint density at radius 1 is 1.10 bits per heavy atom. The van der Waals surface area contributed by atoms with Crippen LogP contribution in [0, 0.1) is 11.3 Å². The first-order valence-corrected chi connectivity index (χ1v) is 8.51. The van der Waals surface area contributed by atoms with Crippen molar-refractivity contribution in [3.05, 3.63) is 0 Å². The van der Waals surface area contributed by atoms with Crippen LogP contribution in [0.2, 0.25) is 0 Å². The van der Waals surface area contributed by atoms with Crippen molar-refractivity contribution in [3.8, 4) is 0 Å². The van der Waals surface area contributed by atoms with Crippen LogP contribution in [-0.4, -0.2) is 42.7 Å². The number of piperidine rings is 1. The molecule has 2 N–H and O–H groups in total. The summed E-state index contributed by atoms with van der Waals surface area (Å²) in [7, 11) is 0. The Kier molecular flexibility index (Phi) is 4.69. The molecule has 4 aliphatic rings. The van der Waals surface area contributed by atoms with Crippen LogP contribution in [-0.2, 0) is 4.74 Å². The number of hydrogen-bond acceptors (Lipinski definition) is 2. The van der Waals surface area contributed by atoms with Crippen LogP contribution in [0.3, 0.4) is 0 Å². The van der Waals surface area contributed by atoms with E-state index >= 15 is 0 Å². The van der Waals surface area contributed by atoms with Gasteiger partial charge < -0.3 is 15.4 Å². The van der Waals surface area contributed by atoms with Gasteiger partial charge in [0, 0.05) is 31.0 Å². The summed E-state index contributed by atoms with van der Waals surface area (Å²) in [6.07, 6.45) is 10.9. The second-order valence-electron chi connectivity index (χ2n) is 7.16. The van der Waals surface area contributed by atoms with Crippen molar-refractivity contribution in [2.24, 2.45) is 22.1 Å². The van der Waals surface area contributed by atoms with Crippen LogP contribution in [0.1, 0.15) is 51.4 Å². The Morgan fingerprint density at radius 2 is 1.81 bits per heavy atom. The third-order valence-corrected chi connectivity index (χ3v) is 6.18. The van der Waals surface area contributed by atoms with Gasteiger partial charge in [-0.3, -0.25) is 0 Å². The van der Waals surface area contributed by atoms with Crippen molar-refractivity contribution < 1.29 is 4.74 Å². The second-order valence-corrected chi connectivity index (χ2v) is 7.16. The number of nitrogens with zero attached hydrogens (tertiary/aromatic N) is 2. The second kappa shape index (κ2) is 6.22. The lowest BCUT2D eigenvalue weighted by Gasteiger charge is -2.55. The average molecular weight is 405 g/mol. The number of halogens is 1. The molecule has 4 fully saturated rings. The number of nitrogens with two attached hydrogens (primary N) is 1. The molecule has 2 heterocycles. The molecule has 0 aromatic heterocycles. The first-order valence-electron chi connectivity index (χ1n) is 8.51. The number of hydrogen-bond donors (Lipinski definition) is 1. The number of ether oxygens (including phenoxy) is 1. The van der Waals surface area contributed by atoms with Gasteiger partial charge in [0.05, 0.1) is 12.1 Å². The lowest BCUT2D eigenvalue weighted by atomic mass is 9.54. The number of fused-ring (bicyclic) bond motifs is 2. The summed E-state index contributed by atoms with van der Waals surface area (Å²) in [6, 6.07) is 0.444. The molecule has 4 rings (SSSR count). The fourth-order valence-corrected chi connectivity index (χ4v) is 5.18. The molecule has 0 bridgehead atoms. The molecule has 2 saturated carbocycles. The zero-order valence-corrected chi connectivity index (χ0v) is 15.1. The number of likely N-dealkylation sites (tertiary alicyclic amines) is 1. The highest BCUT2D eigenvalue weighted by molar-refractivity contribution is 14.0. The Morgan fingerprint density at radius 3 is 2.52 bits per heavy atom. The first kappa shape index (κ1) is 15.8. The van der Waals surface area contributed by atoms with E-state index in [0.29, 0.717) is 23.5 Å². The highest BCUT2D eigenvalue weighted by Gasteiger charge is 2.65. The van der Waals surface area contributed by atoms with Gasteiger partial charge in [-0.2, -0.15) is 0 Å². The maximum Gasteiger partial charge on any atom is 0.191 e. The lowest BCUT2D eigenvalue weighted by molar-refractivity contribution is -0.117. The van der Waals surface area contributed by atoms with Crippen molar-refractivity contribution in [2.45, 2.75) is 63.5 Å². The molecule has 2 aliphatic carbocycles. The fourth-order valence-electron chi connectivity index (χ4n) is 5.18. The van der Waals surface area contributed by atoms with Crippen molar-refractivity contribution in [1.29, 1.82) is 0 Å². The molecule has 0 amide bonds. The van der Waals surface area contributed by atoms with Gasteiger partial charge in [-0.25, -0.2) is 4.99 Å². The van der Waals surface area contributed by atoms with Gasteiger partial charge in [0.25, 0.3) is 0 Å². The summed E-state index contributed by atoms with van der Waals surface area (Å²) < 4.78 is 6.02. The van der Waals surface area contributed by atoms with Crippen molar-refractivity contribution in [1.82, 2.24) is 4.90 Å². The van der Waals surface area contributed by atoms with E-state index in [2.05, 4.69) is 4.90 Å². The van der Waals surface area contributed by atoms with Crippen LogP contribution in [0.25, 0.3) is 0 Å². The van der Waals surface area contributed by atoms with E-state index in [9.17, 15) is 0 Å². The number of guanidine groups is 1. The van der Waals surface area contributed by atoms with E-state index in [1.165, 1.54) is 51.4 Å². The predicted molar refractivity (Wildman–Crippen MR) is 95.0 cm³/mol. The SMILES string of the molecule is I.NC(=NC1C2CCOC2C12CCCC2)N1CCCCC1. The van der Waals surface area contributed by atoms with Gasteiger partial charge in [-0.05, 0) is 38.5 Å². The normalized spacial score (nSPS) is 38.0. The Bertz CT molecular complexity index is 402. The van der Waals surface area contributed by atoms with Gasteiger partial charge in [0.1, 0.15) is 0 Å². The van der Waals surface area contributed by atoms with E-state index in [0.717, 1.165) is 25.7 Å². The maximum absolute atomic E-state index is 6.33. The molecule has 2 saturated heterocycles. The molecule has 0 radical (unpaired) electrons. The van der Waals surface area contributed by atoms with Gasteiger partial charge in [-0.1, -0.05) is 12.8 Å². The van der Waals surface area contributed by atoms with Crippen LogP contribution < -0.4 is 5.73 Å². The largest absolute Gasteiger partial charge is 0.377 e. The molecule has 5 heteroatoms. The summed E-state index contributed by atoms with van der Waals surface area (Å²) in [4.78, 5) is 7.33. The Hall–Kier alpha value is -0.0400. The zero-order valence-electron chi connectivity index (χ0n) is 12.8. The highest BCUT2D eigenvalue weighted by Crippen LogP contribution is 2.62. The van der Waals surface area contributed by atoms with E-state index < -0.39 is 0 Å². The predicted octanol–water partition coefficient (Wildman–Crippen LogP) is 2.75. The van der Waals surface area contributed by atoms with Crippen molar-refractivity contribution in [2.75, 3.05) is 19.7 Å². The molecule has 4 nitrogen and oxygen atoms in total. The fraction of sp³-hybridized carbons (Fsp3) is 0.938. The molecule has 0 aromatic carbocycles. The monoisotopic (exact) mass is 405 g/mol. The highest BCUT2D eigenvalue weighted by atomic mass is 127. The topological polar surface area (TPSA) is 50.9 Å². The molecular formula is C16H28IN3O. The molecule has 2 aliphatic heterocycles. The first-order chi connectivity index (χ1) is 9.81. The molecule has 3 atom stereocenters. The molecule has 1 spiro atoms. The third-order valence-electron chi connectivity index (χ3n) is 6.18. The number of aliphatic imine (C=N–C) groups is 1. The smallest absolute Gasteiger partial charge is 0.191 e. The number of rotatable bonds is 1. The average Bonchev–Trinajstić information content (AvgIpc) is 3.13. The zero-order chi connectivity index (χ0) is 13.6. The standard InChI is InChI=1S/C16H27N3O.HI/c17-15(19-9-4-1-5-10-19)18-13-12-6-11-20-14(12)16(13)7-2-3-8-16;/h12-14H,1-11H2,(H2,17,18);1H. The Balaban J connectivity index is 0.00000132. The Labute approximate surface area is 144 Å². The minimum Gasteiger partial charge on any atom is -0.377 e. The summed E-state index contributed by atoms with van der Waals surface area (Å²) >= 11 is 0. The quantitative estimate of drug-likeness (QED) is 0.415. The van der Waals surface area contributed by atoms with Gasteiger partial charge >= 0.3 is 0 Å². The van der Waals surface area contributed by atoms with Crippen LogP contribution in [0.15, 0.2) is 4.99 Å². The van der Waals surface area contributed by atoms with Gasteiger partial charge in [0.2, 0.25) is 0 Å². The van der Waals surface area contributed by atoms with Crippen LogP contribution in [0.5, 0.6) is 0 Å². The minimum atomic E-state index is 0. The van der Waals surface area contributed by atoms with Crippen LogP contribution in [0.4, 0.5) is 0 Å². The molecule has 3 unspecified atom stereocenters. The minimum absolute atomic E-state index is 0. The third kappa shape index (κ3) is 2.48. The van der Waals surface area contributed by atoms with Crippen LogP contribution >= 0.6 is 24.0 Å². The van der Waals surface area contributed by atoms with Gasteiger partial charge in [0.15, 0.2) is 5.96 Å². The van der Waals surface area contributed by atoms with E-state index in [1.54, 1.807) is 0 Å². The summed E-state index contributed by atoms with van der Waals surface area (Å²) in [5.41, 5.74) is 6.68. The van der Waals surface area contributed by atoms with Gasteiger partial charge in [-0.15, -0.1) is 24.0 Å². The van der Waals surface area contributed by atoms with E-state index in [-0.39, 0.29) is 24.0 Å². The van der Waals surface area contributed by atoms with E-state index in [4.69, 9.17) is 15.5 Å². The van der Waals surface area contributed by atoms with Crippen molar-refractivity contribution in [3.63, 3.8) is 0 Å². The maximum atomic E-state index is 6.33. The summed E-state index contributed by atoms with van der Waals surface area (Å²) in [6.45, 7) is 3.13. The summed E-state index contributed by atoms with van der Waals surface area (Å²) in [5.74, 6) is 1.46. The lowest BCUT2D eigenvalue weighted by Crippen LogP contribution is -2.61. The molecule has 21 heavy (non-hydrogen) atoms. The molecule has 0 aromatic rings. The molecule has 120 valence electrons. The van der Waals surface area contributed by atoms with Crippen molar-refractivity contribution >= 4 is 29.9 Å². The van der Waals surface area contributed by atoms with E-state index in [1.807, 2.05) is 0 Å². The summed E-state index contributed by atoms with van der Waals surface area (Å²) in [5, 5.41) is 0. The molecular weight excluding hydrogens is 377 g/mol.